The largest absolute Gasteiger partial charge is 0.370 e. The number of carbonyl (C=O) groups is 4. The lowest BCUT2D eigenvalue weighted by Gasteiger charge is -2.29. The van der Waals surface area contributed by atoms with Crippen molar-refractivity contribution in [1.29, 1.82) is 0 Å². The number of nitrogens with zero attached hydrogens (tertiary/aromatic N) is 2. The molecule has 1 amide bonds. The van der Waals surface area contributed by atoms with Gasteiger partial charge in [-0.2, -0.15) is 0 Å². The summed E-state index contributed by atoms with van der Waals surface area (Å²) in [5.41, 5.74) is 12.1. The molecule has 3 rings (SSSR count). The summed E-state index contributed by atoms with van der Waals surface area (Å²) < 4.78 is 14.1. The summed E-state index contributed by atoms with van der Waals surface area (Å²) in [6, 6.07) is 15.7. The van der Waals surface area contributed by atoms with E-state index in [1.54, 1.807) is 29.2 Å². The van der Waals surface area contributed by atoms with Gasteiger partial charge in [0.25, 0.3) is 0 Å². The van der Waals surface area contributed by atoms with Crippen molar-refractivity contribution in [2.75, 3.05) is 19.8 Å². The van der Waals surface area contributed by atoms with Gasteiger partial charge in [0, 0.05) is 47.8 Å². The molecule has 3 atom stereocenters. The van der Waals surface area contributed by atoms with Gasteiger partial charge in [-0.05, 0) is 49.8 Å². The Bertz CT molecular complexity index is 1200. The SMILES string of the molecule is NC(N)=NCCC[C@H](CC(=O)[C@@H]1CCCN1C(=O)[C@@H](CC(=O)c1ccc(Br)cc1)Cc1ccccc1)C(=O)CF. The van der Waals surface area contributed by atoms with Crippen molar-refractivity contribution < 1.29 is 23.6 Å². The number of hydrogen-bond donors (Lipinski definition) is 2. The molecule has 10 heteroatoms. The Morgan fingerprint density at radius 3 is 2.35 bits per heavy atom. The van der Waals surface area contributed by atoms with Crippen LogP contribution in [0, 0.1) is 11.8 Å². The quantitative estimate of drug-likeness (QED) is 0.134. The van der Waals surface area contributed by atoms with E-state index in [-0.39, 0.29) is 49.2 Å². The number of guanidine groups is 1. The van der Waals surface area contributed by atoms with E-state index in [1.807, 2.05) is 30.3 Å². The molecule has 1 aliphatic rings. The molecule has 1 heterocycles. The predicted octanol–water partition coefficient (Wildman–Crippen LogP) is 4.04. The van der Waals surface area contributed by atoms with Gasteiger partial charge in [-0.15, -0.1) is 0 Å². The molecule has 1 fully saturated rings. The molecule has 0 saturated carbocycles. The fourth-order valence-electron chi connectivity index (χ4n) is 5.13. The van der Waals surface area contributed by atoms with Crippen molar-refractivity contribution in [2.24, 2.45) is 28.3 Å². The highest BCUT2D eigenvalue weighted by Gasteiger charge is 2.38. The zero-order chi connectivity index (χ0) is 29.1. The number of halogens is 2. The summed E-state index contributed by atoms with van der Waals surface area (Å²) in [4.78, 5) is 58.1. The van der Waals surface area contributed by atoms with E-state index >= 15 is 0 Å². The normalized spacial score (nSPS) is 16.2. The molecule has 214 valence electrons. The number of amides is 1. The summed E-state index contributed by atoms with van der Waals surface area (Å²) >= 11 is 3.37. The first-order valence-electron chi connectivity index (χ1n) is 13.5. The lowest BCUT2D eigenvalue weighted by molar-refractivity contribution is -0.141. The maximum Gasteiger partial charge on any atom is 0.227 e. The highest BCUT2D eigenvalue weighted by Crippen LogP contribution is 2.28. The molecule has 0 aliphatic carbocycles. The highest BCUT2D eigenvalue weighted by atomic mass is 79.9. The third kappa shape index (κ3) is 9.08. The molecule has 1 aliphatic heterocycles. The van der Waals surface area contributed by atoms with E-state index in [2.05, 4.69) is 20.9 Å². The van der Waals surface area contributed by atoms with Crippen molar-refractivity contribution in [3.8, 4) is 0 Å². The van der Waals surface area contributed by atoms with Gasteiger partial charge in [-0.1, -0.05) is 58.4 Å². The molecule has 0 bridgehead atoms. The summed E-state index contributed by atoms with van der Waals surface area (Å²) in [6.07, 6.45) is 1.99. The van der Waals surface area contributed by atoms with Crippen LogP contribution in [0.3, 0.4) is 0 Å². The van der Waals surface area contributed by atoms with Gasteiger partial charge in [-0.3, -0.25) is 24.2 Å². The standard InChI is InChI=1S/C30H36BrFN4O4/c31-24-12-10-21(11-13-24)26(37)18-23(16-20-6-2-1-3-7-20)29(40)36-15-5-9-25(36)27(38)17-22(28(39)19-32)8-4-14-35-30(33)34/h1-3,6-7,10-13,22-23,25H,4-5,8-9,14-19H2,(H4,33,34,35)/t22-,23-,25+/m1/s1. The first-order chi connectivity index (χ1) is 19.2. The van der Waals surface area contributed by atoms with Crippen molar-refractivity contribution in [2.45, 2.75) is 51.0 Å². The molecular weight excluding hydrogens is 579 g/mol. The van der Waals surface area contributed by atoms with E-state index < -0.39 is 30.3 Å². The Morgan fingerprint density at radius 1 is 1.00 bits per heavy atom. The van der Waals surface area contributed by atoms with Crippen molar-refractivity contribution in [3.05, 3.63) is 70.2 Å². The molecule has 0 spiro atoms. The topological polar surface area (TPSA) is 136 Å². The molecule has 8 nitrogen and oxygen atoms in total. The van der Waals surface area contributed by atoms with Gasteiger partial charge in [0.2, 0.25) is 5.91 Å². The monoisotopic (exact) mass is 614 g/mol. The molecular formula is C30H36BrFN4O4. The minimum atomic E-state index is -1.16. The third-order valence-electron chi connectivity index (χ3n) is 7.22. The summed E-state index contributed by atoms with van der Waals surface area (Å²) in [7, 11) is 0. The Kier molecular flexibility index (Phi) is 12.0. The van der Waals surface area contributed by atoms with Crippen LogP contribution in [0.25, 0.3) is 0 Å². The number of alkyl halides is 1. The Balaban J connectivity index is 1.75. The summed E-state index contributed by atoms with van der Waals surface area (Å²) in [5, 5.41) is 0. The third-order valence-corrected chi connectivity index (χ3v) is 7.75. The van der Waals surface area contributed by atoms with E-state index in [0.717, 1.165) is 10.0 Å². The van der Waals surface area contributed by atoms with Crippen molar-refractivity contribution in [1.82, 2.24) is 4.90 Å². The highest BCUT2D eigenvalue weighted by molar-refractivity contribution is 9.10. The number of benzene rings is 2. The summed E-state index contributed by atoms with van der Waals surface area (Å²) in [6.45, 7) is -0.502. The van der Waals surface area contributed by atoms with E-state index in [1.165, 1.54) is 0 Å². The van der Waals surface area contributed by atoms with E-state index in [9.17, 15) is 23.6 Å². The van der Waals surface area contributed by atoms with Gasteiger partial charge < -0.3 is 16.4 Å². The van der Waals surface area contributed by atoms with Gasteiger partial charge in [0.1, 0.15) is 6.67 Å². The van der Waals surface area contributed by atoms with Crippen LogP contribution in [0.4, 0.5) is 4.39 Å². The van der Waals surface area contributed by atoms with Gasteiger partial charge in [0.15, 0.2) is 23.3 Å². The molecule has 4 N–H and O–H groups in total. The number of Topliss-reactive ketones (excluding diaryl/α,β-unsaturated/α-hetero) is 3. The zero-order valence-corrected chi connectivity index (χ0v) is 24.0. The van der Waals surface area contributed by atoms with Crippen LogP contribution in [-0.2, 0) is 20.8 Å². The lowest BCUT2D eigenvalue weighted by Crippen LogP contribution is -2.45. The van der Waals surface area contributed by atoms with Gasteiger partial charge in [-0.25, -0.2) is 4.39 Å². The fourth-order valence-corrected chi connectivity index (χ4v) is 5.40. The van der Waals surface area contributed by atoms with Crippen LogP contribution in [0.5, 0.6) is 0 Å². The number of carbonyl (C=O) groups excluding carboxylic acids is 4. The molecule has 0 unspecified atom stereocenters. The predicted molar refractivity (Wildman–Crippen MR) is 155 cm³/mol. The second-order valence-electron chi connectivity index (χ2n) is 10.1. The minimum absolute atomic E-state index is 0.000520. The lowest BCUT2D eigenvalue weighted by atomic mass is 9.88. The maximum absolute atomic E-state index is 13.9. The van der Waals surface area contributed by atoms with Gasteiger partial charge >= 0.3 is 0 Å². The second kappa shape index (κ2) is 15.4. The maximum atomic E-state index is 13.9. The van der Waals surface area contributed by atoms with Gasteiger partial charge in [0.05, 0.1) is 6.04 Å². The smallest absolute Gasteiger partial charge is 0.227 e. The summed E-state index contributed by atoms with van der Waals surface area (Å²) in [5.74, 6) is -2.86. The fraction of sp³-hybridized carbons (Fsp3) is 0.433. The first-order valence-corrected chi connectivity index (χ1v) is 14.3. The van der Waals surface area contributed by atoms with E-state index in [4.69, 9.17) is 11.5 Å². The van der Waals surface area contributed by atoms with E-state index in [0.29, 0.717) is 37.8 Å². The van der Waals surface area contributed by atoms with Crippen LogP contribution in [-0.4, -0.2) is 59.9 Å². The molecule has 0 aromatic heterocycles. The Labute approximate surface area is 242 Å². The zero-order valence-electron chi connectivity index (χ0n) is 22.4. The van der Waals surface area contributed by atoms with Crippen molar-refractivity contribution in [3.63, 3.8) is 0 Å². The number of aliphatic imine (C=N–C) groups is 1. The number of rotatable bonds is 15. The Morgan fingerprint density at radius 2 is 1.70 bits per heavy atom. The molecule has 2 aromatic carbocycles. The number of nitrogens with two attached hydrogens (primary N) is 2. The molecule has 2 aromatic rings. The molecule has 1 saturated heterocycles. The van der Waals surface area contributed by atoms with Crippen LogP contribution < -0.4 is 11.5 Å². The minimum Gasteiger partial charge on any atom is -0.370 e. The average molecular weight is 616 g/mol. The average Bonchev–Trinajstić information content (AvgIpc) is 3.44. The molecule has 40 heavy (non-hydrogen) atoms. The number of hydrogen-bond acceptors (Lipinski definition) is 5. The van der Waals surface area contributed by atoms with Crippen LogP contribution in [0.1, 0.15) is 54.4 Å². The number of ketones is 3. The van der Waals surface area contributed by atoms with Crippen molar-refractivity contribution >= 4 is 45.1 Å². The second-order valence-corrected chi connectivity index (χ2v) is 11.0. The van der Waals surface area contributed by atoms with Crippen LogP contribution >= 0.6 is 15.9 Å². The Hall–Kier alpha value is -3.40. The molecule has 0 radical (unpaired) electrons. The number of likely N-dealkylation sites (tertiary alicyclic amines) is 1. The first kappa shape index (κ1) is 31.1. The van der Waals surface area contributed by atoms with Crippen LogP contribution in [0.15, 0.2) is 64.1 Å². The van der Waals surface area contributed by atoms with Crippen LogP contribution in [0.2, 0.25) is 0 Å².